The van der Waals surface area contributed by atoms with E-state index < -0.39 is 5.25 Å². The minimum Gasteiger partial charge on any atom is -0.494 e. The number of benzene rings is 3. The quantitative estimate of drug-likeness (QED) is 0.316. The van der Waals surface area contributed by atoms with Gasteiger partial charge >= 0.3 is 0 Å². The molecule has 7 heteroatoms. The van der Waals surface area contributed by atoms with Gasteiger partial charge in [-0.25, -0.2) is 4.98 Å². The molecule has 1 heterocycles. The summed E-state index contributed by atoms with van der Waals surface area (Å²) < 4.78 is 11.2. The number of rotatable bonds is 9. The molecular weight excluding hydrogens is 422 g/mol. The summed E-state index contributed by atoms with van der Waals surface area (Å²) in [6.45, 7) is 4.98. The number of ether oxygens (including phenoxy) is 2. The number of H-pyrrole nitrogens is 1. The molecule has 0 spiro atoms. The van der Waals surface area contributed by atoms with Crippen molar-refractivity contribution in [3.8, 4) is 11.5 Å². The lowest BCUT2D eigenvalue weighted by atomic mass is 10.1. The Hall–Kier alpha value is -3.45. The molecule has 0 aliphatic carbocycles. The Morgan fingerprint density at radius 3 is 2.53 bits per heavy atom. The fraction of sp³-hybridized carbons (Fsp3) is 0.200. The maximum atomic E-state index is 13.4. The van der Waals surface area contributed by atoms with E-state index in [1.54, 1.807) is 0 Å². The molecule has 0 fully saturated rings. The number of aromatic nitrogens is 2. The van der Waals surface area contributed by atoms with Crippen LogP contribution in [0.25, 0.3) is 11.0 Å². The van der Waals surface area contributed by atoms with Gasteiger partial charge in [-0.1, -0.05) is 54.2 Å². The first kappa shape index (κ1) is 21.8. The van der Waals surface area contributed by atoms with E-state index in [1.807, 2.05) is 86.6 Å². The summed E-state index contributed by atoms with van der Waals surface area (Å²) in [6.07, 6.45) is 0. The topological polar surface area (TPSA) is 76.2 Å². The highest BCUT2D eigenvalue weighted by Gasteiger charge is 2.24. The van der Waals surface area contributed by atoms with Gasteiger partial charge in [0.05, 0.1) is 29.9 Å². The number of anilines is 1. The van der Waals surface area contributed by atoms with Crippen LogP contribution in [0.3, 0.4) is 0 Å². The van der Waals surface area contributed by atoms with Crippen LogP contribution in [0, 0.1) is 0 Å². The minimum absolute atomic E-state index is 0.149. The Morgan fingerprint density at radius 1 is 1.00 bits per heavy atom. The first-order valence-electron chi connectivity index (χ1n) is 10.5. The van der Waals surface area contributed by atoms with Gasteiger partial charge in [0.25, 0.3) is 0 Å². The minimum atomic E-state index is -0.502. The maximum Gasteiger partial charge on any atom is 0.242 e. The number of nitrogens with one attached hydrogen (secondary N) is 2. The van der Waals surface area contributed by atoms with Gasteiger partial charge in [0, 0.05) is 6.07 Å². The summed E-state index contributed by atoms with van der Waals surface area (Å²) in [5.41, 5.74) is 3.23. The average molecular weight is 448 g/mol. The molecule has 0 radical (unpaired) electrons. The third kappa shape index (κ3) is 5.06. The Kier molecular flexibility index (Phi) is 6.97. The number of thioether (sulfide) groups is 1. The van der Waals surface area contributed by atoms with Gasteiger partial charge in [-0.05, 0) is 43.7 Å². The first-order chi connectivity index (χ1) is 15.7. The molecular formula is C25H25N3O3S. The van der Waals surface area contributed by atoms with Crippen LogP contribution >= 0.6 is 11.8 Å². The van der Waals surface area contributed by atoms with Gasteiger partial charge in [0.2, 0.25) is 5.91 Å². The van der Waals surface area contributed by atoms with Crippen LogP contribution in [0.1, 0.15) is 24.7 Å². The lowest BCUT2D eigenvalue weighted by molar-refractivity contribution is -0.115. The molecule has 1 atom stereocenters. The van der Waals surface area contributed by atoms with Crippen molar-refractivity contribution in [2.45, 2.75) is 24.3 Å². The number of hydrogen-bond acceptors (Lipinski definition) is 5. The monoisotopic (exact) mass is 447 g/mol. The van der Waals surface area contributed by atoms with Crippen molar-refractivity contribution in [3.05, 3.63) is 78.4 Å². The fourth-order valence-corrected chi connectivity index (χ4v) is 4.34. The summed E-state index contributed by atoms with van der Waals surface area (Å²) in [6, 6.07) is 22.9. The van der Waals surface area contributed by atoms with Gasteiger partial charge in [0.15, 0.2) is 5.16 Å². The molecule has 0 saturated carbocycles. The van der Waals surface area contributed by atoms with E-state index in [-0.39, 0.29) is 5.91 Å². The van der Waals surface area contributed by atoms with E-state index in [9.17, 15) is 4.79 Å². The smallest absolute Gasteiger partial charge is 0.242 e. The predicted molar refractivity (Wildman–Crippen MR) is 129 cm³/mol. The van der Waals surface area contributed by atoms with E-state index in [0.717, 1.165) is 22.3 Å². The average Bonchev–Trinajstić information content (AvgIpc) is 3.21. The summed E-state index contributed by atoms with van der Waals surface area (Å²) >= 11 is 1.37. The number of imidazole rings is 1. The largest absolute Gasteiger partial charge is 0.494 e. The number of fused-ring (bicyclic) bond motifs is 1. The molecule has 0 bridgehead atoms. The molecule has 2 N–H and O–H groups in total. The third-order valence-corrected chi connectivity index (χ3v) is 5.90. The zero-order valence-corrected chi connectivity index (χ0v) is 18.8. The standard InChI is InChI=1S/C25H25N3O3S/c1-3-30-18-14-15-19-21(16-18)28-25(27-19)32-23(17-10-6-5-7-11-17)24(29)26-20-12-8-9-13-22(20)31-4-2/h5-16,23H,3-4H2,1-2H3,(H,26,29)(H,27,28). The summed E-state index contributed by atoms with van der Waals surface area (Å²) in [5.74, 6) is 1.28. The predicted octanol–water partition coefficient (Wildman–Crippen LogP) is 5.83. The number of hydrogen-bond donors (Lipinski definition) is 2. The second-order valence-electron chi connectivity index (χ2n) is 6.98. The van der Waals surface area contributed by atoms with E-state index in [4.69, 9.17) is 9.47 Å². The summed E-state index contributed by atoms with van der Waals surface area (Å²) in [4.78, 5) is 21.4. The molecule has 32 heavy (non-hydrogen) atoms. The van der Waals surface area contributed by atoms with Crippen LogP contribution in [0.5, 0.6) is 11.5 Å². The van der Waals surface area contributed by atoms with Crippen LogP contribution in [0.2, 0.25) is 0 Å². The zero-order chi connectivity index (χ0) is 22.3. The highest BCUT2D eigenvalue weighted by atomic mass is 32.2. The normalized spacial score (nSPS) is 11.8. The number of carbonyl (C=O) groups excluding carboxylic acids is 1. The SMILES string of the molecule is CCOc1ccc2nc(SC(C(=O)Nc3ccccc3OCC)c3ccccc3)[nH]c2c1. The summed E-state index contributed by atoms with van der Waals surface area (Å²) in [7, 11) is 0. The van der Waals surface area contributed by atoms with Crippen molar-refractivity contribution in [2.75, 3.05) is 18.5 Å². The van der Waals surface area contributed by atoms with Crippen LogP contribution in [0.15, 0.2) is 78.0 Å². The van der Waals surface area contributed by atoms with Crippen LogP contribution in [0.4, 0.5) is 5.69 Å². The Morgan fingerprint density at radius 2 is 1.75 bits per heavy atom. The lowest BCUT2D eigenvalue weighted by Crippen LogP contribution is -2.19. The first-order valence-corrected chi connectivity index (χ1v) is 11.4. The van der Waals surface area contributed by atoms with Gasteiger partial charge in [-0.2, -0.15) is 0 Å². The lowest BCUT2D eigenvalue weighted by Gasteiger charge is -2.17. The van der Waals surface area contributed by atoms with Crippen molar-refractivity contribution in [3.63, 3.8) is 0 Å². The van der Waals surface area contributed by atoms with Crippen molar-refractivity contribution in [2.24, 2.45) is 0 Å². The Balaban J connectivity index is 1.62. The number of carbonyl (C=O) groups is 1. The number of para-hydroxylation sites is 2. The number of nitrogens with zero attached hydrogens (tertiary/aromatic N) is 1. The van der Waals surface area contributed by atoms with Crippen molar-refractivity contribution < 1.29 is 14.3 Å². The Bertz CT molecular complexity index is 1190. The molecule has 164 valence electrons. The molecule has 3 aromatic carbocycles. The van der Waals surface area contributed by atoms with Gasteiger partial charge in [-0.3, -0.25) is 4.79 Å². The number of aromatic amines is 1. The zero-order valence-electron chi connectivity index (χ0n) is 18.0. The van der Waals surface area contributed by atoms with Gasteiger partial charge < -0.3 is 19.8 Å². The second-order valence-corrected chi connectivity index (χ2v) is 8.07. The van der Waals surface area contributed by atoms with E-state index in [1.165, 1.54) is 11.8 Å². The van der Waals surface area contributed by atoms with Crippen LogP contribution in [-0.4, -0.2) is 29.1 Å². The second kappa shape index (κ2) is 10.2. The van der Waals surface area contributed by atoms with Crippen molar-refractivity contribution in [1.29, 1.82) is 0 Å². The van der Waals surface area contributed by atoms with E-state index in [0.29, 0.717) is 29.8 Å². The summed E-state index contributed by atoms with van der Waals surface area (Å²) in [5, 5.41) is 3.19. The van der Waals surface area contributed by atoms with E-state index in [2.05, 4.69) is 15.3 Å². The Labute approximate surface area is 191 Å². The molecule has 1 amide bonds. The maximum absolute atomic E-state index is 13.4. The number of amides is 1. The highest BCUT2D eigenvalue weighted by molar-refractivity contribution is 8.00. The highest BCUT2D eigenvalue weighted by Crippen LogP contribution is 2.37. The molecule has 1 aromatic heterocycles. The molecule has 4 aromatic rings. The molecule has 1 unspecified atom stereocenters. The van der Waals surface area contributed by atoms with Crippen molar-refractivity contribution in [1.82, 2.24) is 9.97 Å². The van der Waals surface area contributed by atoms with Gasteiger partial charge in [-0.15, -0.1) is 0 Å². The van der Waals surface area contributed by atoms with Gasteiger partial charge in [0.1, 0.15) is 16.7 Å². The van der Waals surface area contributed by atoms with E-state index >= 15 is 0 Å². The fourth-order valence-electron chi connectivity index (χ4n) is 3.34. The molecule has 0 aliphatic heterocycles. The van der Waals surface area contributed by atoms with Crippen LogP contribution < -0.4 is 14.8 Å². The molecule has 0 aliphatic rings. The van der Waals surface area contributed by atoms with Crippen LogP contribution in [-0.2, 0) is 4.79 Å². The molecule has 6 nitrogen and oxygen atoms in total. The molecule has 4 rings (SSSR count). The third-order valence-electron chi connectivity index (χ3n) is 4.76. The molecule has 0 saturated heterocycles. The van der Waals surface area contributed by atoms with Crippen molar-refractivity contribution >= 4 is 34.4 Å².